The number of carbonyl (C=O) groups excluding carboxylic acids is 1. The zero-order valence-electron chi connectivity index (χ0n) is 12.5. The molecule has 0 fully saturated rings. The Morgan fingerprint density at radius 2 is 1.76 bits per heavy atom. The van der Waals surface area contributed by atoms with Crippen molar-refractivity contribution in [1.82, 2.24) is 4.72 Å². The lowest BCUT2D eigenvalue weighted by Crippen LogP contribution is -2.31. The van der Waals surface area contributed by atoms with E-state index in [-0.39, 0.29) is 16.9 Å². The van der Waals surface area contributed by atoms with E-state index in [1.54, 1.807) is 4.72 Å². The van der Waals surface area contributed by atoms with Crippen molar-refractivity contribution in [3.05, 3.63) is 53.3 Å². The lowest BCUT2D eigenvalue weighted by molar-refractivity contribution is -0.286. The van der Waals surface area contributed by atoms with E-state index in [2.05, 4.69) is 9.47 Å². The van der Waals surface area contributed by atoms with E-state index < -0.39 is 38.7 Å². The molecule has 6 nitrogen and oxygen atoms in total. The van der Waals surface area contributed by atoms with Crippen molar-refractivity contribution in [2.75, 3.05) is 0 Å². The second-order valence-corrected chi connectivity index (χ2v) is 6.85. The fraction of sp³-hybridized carbons (Fsp3) is 0.133. The Hall–Kier alpha value is -2.75. The van der Waals surface area contributed by atoms with E-state index in [4.69, 9.17) is 0 Å². The van der Waals surface area contributed by atoms with Crippen LogP contribution in [0.15, 0.2) is 41.3 Å². The molecule has 25 heavy (non-hydrogen) atoms. The van der Waals surface area contributed by atoms with Gasteiger partial charge in [-0.15, -0.1) is 8.78 Å². The second-order valence-electron chi connectivity index (χ2n) is 5.17. The van der Waals surface area contributed by atoms with Gasteiger partial charge in [0.05, 0.1) is 4.90 Å². The number of ether oxygens (including phenoxy) is 2. The minimum absolute atomic E-state index is 0.0442. The number of fused-ring (bicyclic) bond motifs is 1. The molecular formula is C15H10F3NO5S. The maximum absolute atomic E-state index is 13.1. The first-order valence-corrected chi connectivity index (χ1v) is 8.29. The van der Waals surface area contributed by atoms with Gasteiger partial charge in [-0.3, -0.25) is 4.79 Å². The number of alkyl halides is 2. The van der Waals surface area contributed by atoms with Crippen molar-refractivity contribution in [3.8, 4) is 11.5 Å². The van der Waals surface area contributed by atoms with E-state index in [9.17, 15) is 26.4 Å². The van der Waals surface area contributed by atoms with Gasteiger partial charge in [0.2, 0.25) is 0 Å². The summed E-state index contributed by atoms with van der Waals surface area (Å²) < 4.78 is 73.7. The SMILES string of the molecule is Cc1cc(F)ccc1C(=O)NS(=O)(=O)c1ccc2c(c1)OC(F)(F)O2. The summed E-state index contributed by atoms with van der Waals surface area (Å²) in [5.41, 5.74) is 0.190. The number of carbonyl (C=O) groups is 1. The number of hydrogen-bond donors (Lipinski definition) is 1. The fourth-order valence-electron chi connectivity index (χ4n) is 2.21. The number of nitrogens with one attached hydrogen (secondary N) is 1. The van der Waals surface area contributed by atoms with Crippen LogP contribution in [0.3, 0.4) is 0 Å². The van der Waals surface area contributed by atoms with Crippen LogP contribution >= 0.6 is 0 Å². The van der Waals surface area contributed by atoms with E-state index in [0.717, 1.165) is 36.4 Å². The molecule has 0 saturated carbocycles. The maximum Gasteiger partial charge on any atom is 0.586 e. The number of benzene rings is 2. The average Bonchev–Trinajstić information content (AvgIpc) is 2.79. The molecule has 0 aromatic heterocycles. The highest BCUT2D eigenvalue weighted by Crippen LogP contribution is 2.41. The van der Waals surface area contributed by atoms with Gasteiger partial charge in [-0.2, -0.15) is 0 Å². The molecule has 1 N–H and O–H groups in total. The molecule has 2 aromatic carbocycles. The third-order valence-corrected chi connectivity index (χ3v) is 4.67. The summed E-state index contributed by atoms with van der Waals surface area (Å²) in [5, 5.41) is 0. The summed E-state index contributed by atoms with van der Waals surface area (Å²) in [4.78, 5) is 11.6. The summed E-state index contributed by atoms with van der Waals surface area (Å²) in [6, 6.07) is 6.00. The first kappa shape index (κ1) is 17.1. The van der Waals surface area contributed by atoms with Crippen LogP contribution in [-0.4, -0.2) is 20.6 Å². The molecule has 1 aliphatic rings. The molecular weight excluding hydrogens is 363 g/mol. The van der Waals surface area contributed by atoms with Crippen molar-refractivity contribution in [3.63, 3.8) is 0 Å². The molecule has 0 saturated heterocycles. The van der Waals surface area contributed by atoms with Crippen LogP contribution in [0.1, 0.15) is 15.9 Å². The molecule has 0 aliphatic carbocycles. The zero-order chi connectivity index (χ0) is 18.4. The van der Waals surface area contributed by atoms with Gasteiger partial charge in [-0.1, -0.05) is 0 Å². The van der Waals surface area contributed by atoms with Crippen LogP contribution in [0, 0.1) is 12.7 Å². The van der Waals surface area contributed by atoms with E-state index >= 15 is 0 Å². The Morgan fingerprint density at radius 3 is 2.44 bits per heavy atom. The van der Waals surface area contributed by atoms with E-state index in [1.165, 1.54) is 6.92 Å². The van der Waals surface area contributed by atoms with E-state index in [0.29, 0.717) is 0 Å². The number of sulfonamides is 1. The van der Waals surface area contributed by atoms with Gasteiger partial charge in [0.15, 0.2) is 11.5 Å². The van der Waals surface area contributed by atoms with Crippen molar-refractivity contribution < 1.29 is 35.9 Å². The number of amides is 1. The van der Waals surface area contributed by atoms with Crippen LogP contribution in [0.2, 0.25) is 0 Å². The number of halogens is 3. The summed E-state index contributed by atoms with van der Waals surface area (Å²) in [5.74, 6) is -2.36. The molecule has 10 heteroatoms. The van der Waals surface area contributed by atoms with Gasteiger partial charge in [-0.25, -0.2) is 17.5 Å². The summed E-state index contributed by atoms with van der Waals surface area (Å²) in [7, 11) is -4.37. The van der Waals surface area contributed by atoms with E-state index in [1.807, 2.05) is 0 Å². The molecule has 1 heterocycles. The van der Waals surface area contributed by atoms with Crippen LogP contribution in [0.25, 0.3) is 0 Å². The predicted molar refractivity (Wildman–Crippen MR) is 78.4 cm³/mol. The summed E-state index contributed by atoms with van der Waals surface area (Å²) in [6.45, 7) is 1.44. The van der Waals surface area contributed by atoms with Gasteiger partial charge in [0, 0.05) is 11.6 Å². The van der Waals surface area contributed by atoms with Gasteiger partial charge in [0.25, 0.3) is 15.9 Å². The molecule has 0 spiro atoms. The Morgan fingerprint density at radius 1 is 1.08 bits per heavy atom. The van der Waals surface area contributed by atoms with Crippen molar-refractivity contribution in [1.29, 1.82) is 0 Å². The predicted octanol–water partition coefficient (Wildman–Crippen LogP) is 2.57. The standard InChI is InChI=1S/C15H10F3NO5S/c1-8-6-9(16)2-4-11(8)14(20)19-25(21,22)10-3-5-12-13(7-10)24-15(17,18)23-12/h2-7H,1H3,(H,19,20). The molecule has 0 radical (unpaired) electrons. The molecule has 132 valence electrons. The third-order valence-electron chi connectivity index (χ3n) is 3.34. The smallest absolute Gasteiger partial charge is 0.395 e. The molecule has 1 aliphatic heterocycles. The number of rotatable bonds is 3. The molecule has 0 bridgehead atoms. The Balaban J connectivity index is 1.87. The molecule has 0 unspecified atom stereocenters. The van der Waals surface area contributed by atoms with Gasteiger partial charge >= 0.3 is 6.29 Å². The minimum atomic E-state index is -4.37. The normalized spacial score (nSPS) is 15.0. The van der Waals surface area contributed by atoms with Crippen molar-refractivity contribution >= 4 is 15.9 Å². The third kappa shape index (κ3) is 3.38. The Kier molecular flexibility index (Phi) is 3.87. The van der Waals surface area contributed by atoms with Crippen LogP contribution < -0.4 is 14.2 Å². The highest BCUT2D eigenvalue weighted by molar-refractivity contribution is 7.90. The molecule has 1 amide bonds. The second kappa shape index (κ2) is 5.66. The van der Waals surface area contributed by atoms with Crippen molar-refractivity contribution in [2.45, 2.75) is 18.1 Å². The lowest BCUT2D eigenvalue weighted by Gasteiger charge is -2.09. The highest BCUT2D eigenvalue weighted by Gasteiger charge is 2.43. The Labute approximate surface area is 140 Å². The summed E-state index contributed by atoms with van der Waals surface area (Å²) in [6.07, 6.45) is -3.89. The van der Waals surface area contributed by atoms with Crippen LogP contribution in [0.4, 0.5) is 13.2 Å². The monoisotopic (exact) mass is 373 g/mol. The molecule has 0 atom stereocenters. The van der Waals surface area contributed by atoms with Crippen molar-refractivity contribution in [2.24, 2.45) is 0 Å². The average molecular weight is 373 g/mol. The fourth-order valence-corrected chi connectivity index (χ4v) is 3.20. The molecule has 2 aromatic rings. The molecule has 3 rings (SSSR count). The minimum Gasteiger partial charge on any atom is -0.395 e. The van der Waals surface area contributed by atoms with Gasteiger partial charge in [0.1, 0.15) is 5.82 Å². The highest BCUT2D eigenvalue weighted by atomic mass is 32.2. The number of aryl methyl sites for hydroxylation is 1. The van der Waals surface area contributed by atoms with Crippen LogP contribution in [0.5, 0.6) is 11.5 Å². The topological polar surface area (TPSA) is 81.7 Å². The van der Waals surface area contributed by atoms with Gasteiger partial charge < -0.3 is 9.47 Å². The quantitative estimate of drug-likeness (QED) is 0.894. The zero-order valence-corrected chi connectivity index (χ0v) is 13.4. The largest absolute Gasteiger partial charge is 0.586 e. The first-order chi connectivity index (χ1) is 11.6. The first-order valence-electron chi connectivity index (χ1n) is 6.81. The maximum atomic E-state index is 13.1. The summed E-state index contributed by atoms with van der Waals surface area (Å²) >= 11 is 0. The van der Waals surface area contributed by atoms with Gasteiger partial charge in [-0.05, 0) is 42.8 Å². The Bertz CT molecular complexity index is 975. The number of hydrogen-bond acceptors (Lipinski definition) is 5. The van der Waals surface area contributed by atoms with Crippen LogP contribution in [-0.2, 0) is 10.0 Å². The lowest BCUT2D eigenvalue weighted by atomic mass is 10.1.